The summed E-state index contributed by atoms with van der Waals surface area (Å²) in [6.45, 7) is 2.16. The highest BCUT2D eigenvalue weighted by atomic mass is 127. The first-order valence-corrected chi connectivity index (χ1v) is 7.45. The Hall–Kier alpha value is -0.680. The molecule has 4 heteroatoms. The van der Waals surface area contributed by atoms with Crippen LogP contribution in [0.15, 0.2) is 30.3 Å². The lowest BCUT2D eigenvalue weighted by Gasteiger charge is -2.08. The van der Waals surface area contributed by atoms with Crippen LogP contribution in [0.5, 0.6) is 0 Å². The molecular weight excluding hydrogens is 359 g/mol. The fraction of sp³-hybridized carbons (Fsp3) is 0.286. The standard InChI is InChI=1S/C14H14ClIN2/c1-2-3-9-11-17-13(12(16)14(15)18-11)10-7-5-4-6-8-10/h4-8H,2-3,9H2,1H3. The zero-order chi connectivity index (χ0) is 13.0. The molecule has 2 rings (SSSR count). The Morgan fingerprint density at radius 1 is 1.17 bits per heavy atom. The van der Waals surface area contributed by atoms with Crippen molar-refractivity contribution in [1.29, 1.82) is 0 Å². The fourth-order valence-electron chi connectivity index (χ4n) is 1.70. The molecule has 1 aromatic carbocycles. The van der Waals surface area contributed by atoms with Gasteiger partial charge in [0.15, 0.2) is 0 Å². The molecule has 0 N–H and O–H groups in total. The van der Waals surface area contributed by atoms with Gasteiger partial charge in [0.25, 0.3) is 0 Å². The molecule has 18 heavy (non-hydrogen) atoms. The van der Waals surface area contributed by atoms with Crippen LogP contribution in [-0.4, -0.2) is 9.97 Å². The van der Waals surface area contributed by atoms with Crippen molar-refractivity contribution in [3.63, 3.8) is 0 Å². The average Bonchev–Trinajstić information content (AvgIpc) is 2.41. The number of aromatic nitrogens is 2. The van der Waals surface area contributed by atoms with E-state index >= 15 is 0 Å². The van der Waals surface area contributed by atoms with Crippen LogP contribution in [0.25, 0.3) is 11.3 Å². The van der Waals surface area contributed by atoms with Crippen LogP contribution in [0, 0.1) is 3.57 Å². The molecular formula is C14H14ClIN2. The maximum Gasteiger partial charge on any atom is 0.146 e. The Kier molecular flexibility index (Phi) is 4.95. The molecule has 1 aromatic heterocycles. The molecule has 0 amide bonds. The molecule has 0 saturated carbocycles. The second kappa shape index (κ2) is 6.48. The molecule has 2 aromatic rings. The lowest BCUT2D eigenvalue weighted by Crippen LogP contribution is -2.00. The van der Waals surface area contributed by atoms with Crippen molar-refractivity contribution in [2.24, 2.45) is 0 Å². The van der Waals surface area contributed by atoms with Gasteiger partial charge in [0, 0.05) is 12.0 Å². The molecule has 0 spiro atoms. The largest absolute Gasteiger partial charge is 0.232 e. The van der Waals surface area contributed by atoms with Gasteiger partial charge in [0.1, 0.15) is 11.0 Å². The van der Waals surface area contributed by atoms with Crippen molar-refractivity contribution in [3.05, 3.63) is 44.9 Å². The molecule has 0 atom stereocenters. The number of halogens is 2. The Morgan fingerprint density at radius 2 is 1.89 bits per heavy atom. The molecule has 0 aliphatic rings. The van der Waals surface area contributed by atoms with Crippen molar-refractivity contribution in [2.75, 3.05) is 0 Å². The van der Waals surface area contributed by atoms with E-state index in [0.717, 1.165) is 39.9 Å². The first-order chi connectivity index (χ1) is 8.72. The third-order valence-electron chi connectivity index (χ3n) is 2.66. The Labute approximate surface area is 126 Å². The van der Waals surface area contributed by atoms with Crippen LogP contribution in [0.2, 0.25) is 5.15 Å². The van der Waals surface area contributed by atoms with E-state index in [-0.39, 0.29) is 0 Å². The number of hydrogen-bond acceptors (Lipinski definition) is 2. The number of unbranched alkanes of at least 4 members (excludes halogenated alkanes) is 1. The second-order valence-electron chi connectivity index (χ2n) is 4.06. The van der Waals surface area contributed by atoms with Crippen LogP contribution < -0.4 is 0 Å². The molecule has 0 aliphatic carbocycles. The van der Waals surface area contributed by atoms with Crippen molar-refractivity contribution < 1.29 is 0 Å². The summed E-state index contributed by atoms with van der Waals surface area (Å²) in [5, 5.41) is 0.551. The summed E-state index contributed by atoms with van der Waals surface area (Å²) in [6, 6.07) is 10.1. The van der Waals surface area contributed by atoms with Crippen molar-refractivity contribution in [1.82, 2.24) is 9.97 Å². The van der Waals surface area contributed by atoms with Crippen LogP contribution in [-0.2, 0) is 6.42 Å². The van der Waals surface area contributed by atoms with E-state index in [2.05, 4.69) is 39.5 Å². The van der Waals surface area contributed by atoms with Gasteiger partial charge in [-0.3, -0.25) is 0 Å². The molecule has 94 valence electrons. The Balaban J connectivity index is 2.43. The molecule has 0 radical (unpaired) electrons. The van der Waals surface area contributed by atoms with E-state index in [4.69, 9.17) is 11.6 Å². The molecule has 2 nitrogen and oxygen atoms in total. The maximum absolute atomic E-state index is 6.19. The van der Waals surface area contributed by atoms with Gasteiger partial charge in [-0.1, -0.05) is 55.3 Å². The van der Waals surface area contributed by atoms with Gasteiger partial charge in [-0.2, -0.15) is 0 Å². The number of aryl methyl sites for hydroxylation is 1. The predicted molar refractivity (Wildman–Crippen MR) is 83.8 cm³/mol. The molecule has 0 aliphatic heterocycles. The van der Waals surface area contributed by atoms with Crippen LogP contribution >= 0.6 is 34.2 Å². The zero-order valence-corrected chi connectivity index (χ0v) is 13.1. The van der Waals surface area contributed by atoms with E-state index < -0.39 is 0 Å². The zero-order valence-electron chi connectivity index (χ0n) is 10.2. The Morgan fingerprint density at radius 3 is 2.56 bits per heavy atom. The quantitative estimate of drug-likeness (QED) is 0.572. The van der Waals surface area contributed by atoms with Crippen LogP contribution in [0.3, 0.4) is 0 Å². The molecule has 0 unspecified atom stereocenters. The SMILES string of the molecule is CCCCc1nc(Cl)c(I)c(-c2ccccc2)n1. The fourth-order valence-corrected chi connectivity index (χ4v) is 2.44. The first kappa shape index (κ1) is 13.7. The molecule has 1 heterocycles. The minimum absolute atomic E-state index is 0.551. The second-order valence-corrected chi connectivity index (χ2v) is 5.50. The van der Waals surface area contributed by atoms with Gasteiger partial charge in [0.05, 0.1) is 9.26 Å². The van der Waals surface area contributed by atoms with Crippen molar-refractivity contribution in [2.45, 2.75) is 26.2 Å². The van der Waals surface area contributed by atoms with Gasteiger partial charge in [-0.15, -0.1) is 0 Å². The number of hydrogen-bond donors (Lipinski definition) is 0. The summed E-state index contributed by atoms with van der Waals surface area (Å²) >= 11 is 8.40. The summed E-state index contributed by atoms with van der Waals surface area (Å²) in [7, 11) is 0. The molecule has 0 saturated heterocycles. The summed E-state index contributed by atoms with van der Waals surface area (Å²) in [6.07, 6.45) is 3.10. The van der Waals surface area contributed by atoms with Gasteiger partial charge < -0.3 is 0 Å². The van der Waals surface area contributed by atoms with Crippen molar-refractivity contribution >= 4 is 34.2 Å². The first-order valence-electron chi connectivity index (χ1n) is 5.99. The monoisotopic (exact) mass is 372 g/mol. The maximum atomic E-state index is 6.19. The van der Waals surface area contributed by atoms with Crippen LogP contribution in [0.4, 0.5) is 0 Å². The smallest absolute Gasteiger partial charge is 0.146 e. The van der Waals surface area contributed by atoms with Gasteiger partial charge in [-0.05, 0) is 29.0 Å². The number of benzene rings is 1. The summed E-state index contributed by atoms with van der Waals surface area (Å²) in [5.74, 6) is 0.834. The lowest BCUT2D eigenvalue weighted by atomic mass is 10.1. The van der Waals surface area contributed by atoms with E-state index in [0.29, 0.717) is 5.15 Å². The molecule has 0 bridgehead atoms. The third kappa shape index (κ3) is 3.20. The molecule has 0 fully saturated rings. The third-order valence-corrected chi connectivity index (χ3v) is 4.27. The van der Waals surface area contributed by atoms with E-state index in [1.54, 1.807) is 0 Å². The lowest BCUT2D eigenvalue weighted by molar-refractivity contribution is 0.752. The van der Waals surface area contributed by atoms with Gasteiger partial charge in [-0.25, -0.2) is 9.97 Å². The van der Waals surface area contributed by atoms with E-state index in [9.17, 15) is 0 Å². The van der Waals surface area contributed by atoms with Gasteiger partial charge >= 0.3 is 0 Å². The number of nitrogens with zero attached hydrogens (tertiary/aromatic N) is 2. The minimum Gasteiger partial charge on any atom is -0.232 e. The highest BCUT2D eigenvalue weighted by Gasteiger charge is 2.11. The highest BCUT2D eigenvalue weighted by Crippen LogP contribution is 2.27. The van der Waals surface area contributed by atoms with E-state index in [1.807, 2.05) is 30.3 Å². The summed E-state index contributed by atoms with van der Waals surface area (Å²) < 4.78 is 0.917. The topological polar surface area (TPSA) is 25.8 Å². The predicted octanol–water partition coefficient (Wildman–Crippen LogP) is 4.74. The minimum atomic E-state index is 0.551. The summed E-state index contributed by atoms with van der Waals surface area (Å²) in [5.41, 5.74) is 2.02. The van der Waals surface area contributed by atoms with Gasteiger partial charge in [0.2, 0.25) is 0 Å². The highest BCUT2D eigenvalue weighted by molar-refractivity contribution is 14.1. The average molecular weight is 373 g/mol. The Bertz CT molecular complexity index is 529. The normalized spacial score (nSPS) is 10.6. The number of rotatable bonds is 4. The van der Waals surface area contributed by atoms with Crippen LogP contribution in [0.1, 0.15) is 25.6 Å². The summed E-state index contributed by atoms with van der Waals surface area (Å²) in [4.78, 5) is 8.98. The van der Waals surface area contributed by atoms with Crippen molar-refractivity contribution in [3.8, 4) is 11.3 Å². The van der Waals surface area contributed by atoms with E-state index in [1.165, 1.54) is 0 Å².